The van der Waals surface area contributed by atoms with Crippen molar-refractivity contribution in [1.29, 1.82) is 0 Å². The van der Waals surface area contributed by atoms with Crippen molar-refractivity contribution in [3.8, 4) is 0 Å². The second kappa shape index (κ2) is 7.96. The van der Waals surface area contributed by atoms with Crippen molar-refractivity contribution in [2.24, 2.45) is 17.8 Å². The fourth-order valence-electron chi connectivity index (χ4n) is 5.33. The van der Waals surface area contributed by atoms with E-state index in [1.54, 1.807) is 0 Å². The van der Waals surface area contributed by atoms with E-state index < -0.39 is 11.6 Å². The summed E-state index contributed by atoms with van der Waals surface area (Å²) in [5.74, 6) is 1.08. The predicted molar refractivity (Wildman–Crippen MR) is 100 cm³/mol. The quantitative estimate of drug-likeness (QED) is 0.524. The van der Waals surface area contributed by atoms with Crippen molar-refractivity contribution >= 4 is 0 Å². The number of ether oxygens (including phenoxy) is 1. The zero-order valence-electron chi connectivity index (χ0n) is 16.0. The summed E-state index contributed by atoms with van der Waals surface area (Å²) in [6, 6.07) is 1.87. The normalized spacial score (nSPS) is 30.9. The largest absolute Gasteiger partial charge is 0.368 e. The van der Waals surface area contributed by atoms with Gasteiger partial charge in [0.2, 0.25) is 0 Å². The predicted octanol–water partition coefficient (Wildman–Crippen LogP) is 6.53. The molecule has 0 spiro atoms. The van der Waals surface area contributed by atoms with Crippen molar-refractivity contribution < 1.29 is 13.5 Å². The summed E-state index contributed by atoms with van der Waals surface area (Å²) in [5, 5.41) is 0. The molecule has 0 amide bonds. The van der Waals surface area contributed by atoms with Crippen LogP contribution in [0.4, 0.5) is 8.78 Å². The van der Waals surface area contributed by atoms with Gasteiger partial charge in [-0.1, -0.05) is 51.9 Å². The van der Waals surface area contributed by atoms with E-state index in [1.165, 1.54) is 51.4 Å². The van der Waals surface area contributed by atoms with E-state index in [1.807, 2.05) is 6.07 Å². The lowest BCUT2D eigenvalue weighted by molar-refractivity contribution is 0.235. The first kappa shape index (κ1) is 18.4. The first-order valence-electron chi connectivity index (χ1n) is 10.8. The average Bonchev–Trinajstić information content (AvgIpc) is 3.49. The number of aryl methyl sites for hydroxylation is 1. The van der Waals surface area contributed by atoms with Gasteiger partial charge in [-0.15, -0.1) is 0 Å². The van der Waals surface area contributed by atoms with Crippen LogP contribution >= 0.6 is 0 Å². The molecular formula is C23H32F2O. The van der Waals surface area contributed by atoms with Crippen LogP contribution in [0.15, 0.2) is 6.07 Å². The SMILES string of the molecule is CCCC1CCC(CCC2CCc3cc(C4CO4)c(F)c(F)c3C2)CC1. The summed E-state index contributed by atoms with van der Waals surface area (Å²) in [6.07, 6.45) is 13.2. The summed E-state index contributed by atoms with van der Waals surface area (Å²) in [7, 11) is 0. The standard InChI is InChI=1S/C23H32F2O/c1-2-3-15-4-6-16(7-5-15)8-9-17-10-11-18-13-20(21-14-26-21)23(25)22(24)19(18)12-17/h13,15-17,21H,2-12,14H2,1H3. The number of fused-ring (bicyclic) bond motifs is 1. The maximum absolute atomic E-state index is 14.6. The van der Waals surface area contributed by atoms with Gasteiger partial charge in [0.15, 0.2) is 11.6 Å². The van der Waals surface area contributed by atoms with Crippen molar-refractivity contribution in [1.82, 2.24) is 0 Å². The van der Waals surface area contributed by atoms with Gasteiger partial charge in [-0.2, -0.15) is 0 Å². The smallest absolute Gasteiger partial charge is 0.165 e. The molecule has 2 fully saturated rings. The molecule has 1 heterocycles. The van der Waals surface area contributed by atoms with E-state index in [-0.39, 0.29) is 6.10 Å². The molecule has 3 heteroatoms. The Labute approximate surface area is 156 Å². The molecule has 0 N–H and O–H groups in total. The first-order chi connectivity index (χ1) is 12.7. The Morgan fingerprint density at radius 3 is 2.23 bits per heavy atom. The third-order valence-electron chi connectivity index (χ3n) is 7.07. The summed E-state index contributed by atoms with van der Waals surface area (Å²) in [6.45, 7) is 2.81. The zero-order valence-corrected chi connectivity index (χ0v) is 16.0. The average molecular weight is 363 g/mol. The molecule has 3 aliphatic rings. The third kappa shape index (κ3) is 3.98. The highest BCUT2D eigenvalue weighted by molar-refractivity contribution is 5.38. The first-order valence-corrected chi connectivity index (χ1v) is 10.8. The molecule has 2 aliphatic carbocycles. The van der Waals surface area contributed by atoms with Crippen LogP contribution in [0.3, 0.4) is 0 Å². The van der Waals surface area contributed by atoms with Gasteiger partial charge in [0.1, 0.15) is 6.10 Å². The minimum absolute atomic E-state index is 0.213. The van der Waals surface area contributed by atoms with E-state index in [0.717, 1.165) is 36.7 Å². The molecule has 0 aromatic heterocycles. The van der Waals surface area contributed by atoms with E-state index >= 15 is 0 Å². The van der Waals surface area contributed by atoms with Crippen LogP contribution < -0.4 is 0 Å². The van der Waals surface area contributed by atoms with Gasteiger partial charge in [0.05, 0.1) is 6.61 Å². The van der Waals surface area contributed by atoms with E-state index in [0.29, 0.717) is 23.7 Å². The van der Waals surface area contributed by atoms with Crippen LogP contribution in [0.25, 0.3) is 0 Å². The van der Waals surface area contributed by atoms with Crippen LogP contribution in [0.5, 0.6) is 0 Å². The van der Waals surface area contributed by atoms with Gasteiger partial charge in [-0.3, -0.25) is 0 Å². The third-order valence-corrected chi connectivity index (χ3v) is 7.07. The lowest BCUT2D eigenvalue weighted by Crippen LogP contribution is -2.20. The number of hydrogen-bond acceptors (Lipinski definition) is 1. The Balaban J connectivity index is 1.32. The van der Waals surface area contributed by atoms with Crippen molar-refractivity contribution in [3.05, 3.63) is 34.4 Å². The Morgan fingerprint density at radius 2 is 1.58 bits per heavy atom. The van der Waals surface area contributed by atoms with Gasteiger partial charge >= 0.3 is 0 Å². The lowest BCUT2D eigenvalue weighted by atomic mass is 9.75. The fourth-order valence-corrected chi connectivity index (χ4v) is 5.33. The number of epoxide rings is 1. The Kier molecular flexibility index (Phi) is 5.63. The number of hydrogen-bond donors (Lipinski definition) is 0. The molecule has 26 heavy (non-hydrogen) atoms. The topological polar surface area (TPSA) is 12.5 Å². The maximum atomic E-state index is 14.6. The molecule has 1 aromatic rings. The monoisotopic (exact) mass is 362 g/mol. The Hall–Kier alpha value is -0.960. The number of benzene rings is 1. The van der Waals surface area contributed by atoms with Crippen LogP contribution in [0.2, 0.25) is 0 Å². The summed E-state index contributed by atoms with van der Waals surface area (Å²) >= 11 is 0. The number of halogens is 2. The van der Waals surface area contributed by atoms with Gasteiger partial charge in [-0.05, 0) is 60.6 Å². The Bertz CT molecular complexity index is 630. The molecule has 1 saturated heterocycles. The highest BCUT2D eigenvalue weighted by Crippen LogP contribution is 2.40. The van der Waals surface area contributed by atoms with Crippen LogP contribution in [-0.4, -0.2) is 6.61 Å². The van der Waals surface area contributed by atoms with Crippen LogP contribution in [-0.2, 0) is 17.6 Å². The minimum atomic E-state index is -0.666. The second-order valence-corrected chi connectivity index (χ2v) is 8.92. The van der Waals surface area contributed by atoms with E-state index in [2.05, 4.69) is 6.92 Å². The molecule has 0 bridgehead atoms. The van der Waals surface area contributed by atoms with Crippen molar-refractivity contribution in [3.63, 3.8) is 0 Å². The highest BCUT2D eigenvalue weighted by Gasteiger charge is 2.33. The minimum Gasteiger partial charge on any atom is -0.368 e. The van der Waals surface area contributed by atoms with Crippen LogP contribution in [0.1, 0.15) is 87.5 Å². The summed E-state index contributed by atoms with van der Waals surface area (Å²) < 4.78 is 34.1. The highest BCUT2D eigenvalue weighted by atomic mass is 19.2. The van der Waals surface area contributed by atoms with E-state index in [9.17, 15) is 8.78 Å². The van der Waals surface area contributed by atoms with E-state index in [4.69, 9.17) is 4.74 Å². The van der Waals surface area contributed by atoms with Gasteiger partial charge in [-0.25, -0.2) is 8.78 Å². The molecule has 2 unspecified atom stereocenters. The molecular weight excluding hydrogens is 330 g/mol. The maximum Gasteiger partial charge on any atom is 0.165 e. The molecule has 1 saturated carbocycles. The van der Waals surface area contributed by atoms with Gasteiger partial charge < -0.3 is 4.74 Å². The zero-order chi connectivity index (χ0) is 18.1. The molecule has 144 valence electrons. The van der Waals surface area contributed by atoms with Gasteiger partial charge in [0.25, 0.3) is 0 Å². The molecule has 2 atom stereocenters. The summed E-state index contributed by atoms with van der Waals surface area (Å²) in [5.41, 5.74) is 2.10. The second-order valence-electron chi connectivity index (χ2n) is 8.92. The van der Waals surface area contributed by atoms with Gasteiger partial charge in [0, 0.05) is 5.56 Å². The molecule has 4 rings (SSSR count). The molecule has 0 radical (unpaired) electrons. The van der Waals surface area contributed by atoms with Crippen molar-refractivity contribution in [2.75, 3.05) is 6.61 Å². The van der Waals surface area contributed by atoms with Crippen molar-refractivity contribution in [2.45, 2.75) is 83.7 Å². The molecule has 1 aliphatic heterocycles. The van der Waals surface area contributed by atoms with Crippen LogP contribution in [0, 0.1) is 29.4 Å². The fraction of sp³-hybridized carbons (Fsp3) is 0.739. The molecule has 1 nitrogen and oxygen atoms in total. The molecule has 1 aromatic carbocycles. The number of rotatable bonds is 6. The lowest BCUT2D eigenvalue weighted by Gasteiger charge is -2.31. The Morgan fingerprint density at radius 1 is 0.923 bits per heavy atom. The summed E-state index contributed by atoms with van der Waals surface area (Å²) in [4.78, 5) is 0.